The van der Waals surface area contributed by atoms with Gasteiger partial charge in [0.1, 0.15) is 0 Å². The van der Waals surface area contributed by atoms with Gasteiger partial charge in [-0.3, -0.25) is 4.79 Å². The first-order valence-corrected chi connectivity index (χ1v) is 10.4. The summed E-state index contributed by atoms with van der Waals surface area (Å²) in [5, 5.41) is -0.623. The van der Waals surface area contributed by atoms with Crippen LogP contribution in [0.2, 0.25) is 0 Å². The van der Waals surface area contributed by atoms with E-state index in [0.29, 0.717) is 30.8 Å². The van der Waals surface area contributed by atoms with Gasteiger partial charge in [-0.05, 0) is 36.6 Å². The number of pyridine rings is 1. The molecular weight excluding hydrogens is 366 g/mol. The van der Waals surface area contributed by atoms with Gasteiger partial charge in [-0.2, -0.15) is 0 Å². The van der Waals surface area contributed by atoms with Crippen molar-refractivity contribution in [3.05, 3.63) is 59.8 Å². The number of rotatable bonds is 6. The quantitative estimate of drug-likeness (QED) is 0.814. The number of methoxy groups -OCH3 is 1. The zero-order chi connectivity index (χ0) is 19.3. The van der Waals surface area contributed by atoms with Crippen molar-refractivity contribution in [2.75, 3.05) is 20.2 Å². The Balaban J connectivity index is 1.64. The van der Waals surface area contributed by atoms with Crippen LogP contribution < -0.4 is 9.46 Å². The smallest absolute Gasteiger partial charge is 0.253 e. The average molecular weight is 389 g/mol. The maximum Gasteiger partial charge on any atom is 0.253 e. The number of carbonyl (C=O) groups is 1. The maximum absolute atomic E-state index is 12.7. The predicted octanol–water partition coefficient (Wildman–Crippen LogP) is 1.81. The fraction of sp³-hybridized carbons (Fsp3) is 0.368. The van der Waals surface area contributed by atoms with Gasteiger partial charge in [0, 0.05) is 37.5 Å². The number of hydrogen-bond donors (Lipinski definition) is 1. The molecule has 1 N–H and O–H groups in total. The van der Waals surface area contributed by atoms with Crippen LogP contribution in [-0.4, -0.2) is 49.7 Å². The SMILES string of the molecule is COc1cc(CNS(=O)(=O)[C@@H]2CCCN(C(=O)c3ccccc3)C2)ccn1. The molecule has 27 heavy (non-hydrogen) atoms. The van der Waals surface area contributed by atoms with Crippen molar-refractivity contribution in [3.8, 4) is 5.88 Å². The third-order valence-electron chi connectivity index (χ3n) is 4.61. The molecule has 0 spiro atoms. The van der Waals surface area contributed by atoms with Crippen molar-refractivity contribution in [2.24, 2.45) is 0 Å². The van der Waals surface area contributed by atoms with Crippen LogP contribution in [0.15, 0.2) is 48.7 Å². The zero-order valence-electron chi connectivity index (χ0n) is 15.2. The molecule has 7 nitrogen and oxygen atoms in total. The molecule has 1 amide bonds. The summed E-state index contributed by atoms with van der Waals surface area (Å²) in [6, 6.07) is 12.4. The summed E-state index contributed by atoms with van der Waals surface area (Å²) in [5.41, 5.74) is 1.34. The molecule has 1 fully saturated rings. The van der Waals surface area contributed by atoms with Gasteiger partial charge < -0.3 is 9.64 Å². The van der Waals surface area contributed by atoms with Gasteiger partial charge in [-0.15, -0.1) is 0 Å². The lowest BCUT2D eigenvalue weighted by molar-refractivity contribution is 0.0726. The van der Waals surface area contributed by atoms with E-state index in [2.05, 4.69) is 9.71 Å². The van der Waals surface area contributed by atoms with Gasteiger partial charge in [-0.25, -0.2) is 18.1 Å². The maximum atomic E-state index is 12.7. The van der Waals surface area contributed by atoms with Crippen molar-refractivity contribution in [1.82, 2.24) is 14.6 Å². The lowest BCUT2D eigenvalue weighted by Gasteiger charge is -2.32. The van der Waals surface area contributed by atoms with Crippen molar-refractivity contribution < 1.29 is 17.9 Å². The predicted molar refractivity (Wildman–Crippen MR) is 102 cm³/mol. The number of nitrogens with zero attached hydrogens (tertiary/aromatic N) is 2. The lowest BCUT2D eigenvalue weighted by atomic mass is 10.1. The number of benzene rings is 1. The third-order valence-corrected chi connectivity index (χ3v) is 6.42. The minimum atomic E-state index is -3.55. The molecule has 0 unspecified atom stereocenters. The number of piperidine rings is 1. The topological polar surface area (TPSA) is 88.6 Å². The molecular formula is C19H23N3O4S. The fourth-order valence-corrected chi connectivity index (χ4v) is 4.57. The Hall–Kier alpha value is -2.45. The first-order chi connectivity index (χ1) is 13.0. The molecule has 1 aliphatic rings. The highest BCUT2D eigenvalue weighted by Gasteiger charge is 2.32. The largest absolute Gasteiger partial charge is 0.481 e. The van der Waals surface area contributed by atoms with Crippen molar-refractivity contribution in [1.29, 1.82) is 0 Å². The number of carbonyl (C=O) groups excluding carboxylic acids is 1. The number of amides is 1. The Labute approximate surface area is 159 Å². The molecule has 1 aliphatic heterocycles. The zero-order valence-corrected chi connectivity index (χ0v) is 16.0. The molecule has 8 heteroatoms. The summed E-state index contributed by atoms with van der Waals surface area (Å²) in [6.45, 7) is 0.925. The van der Waals surface area contributed by atoms with Crippen LogP contribution in [0, 0.1) is 0 Å². The molecule has 2 heterocycles. The lowest BCUT2D eigenvalue weighted by Crippen LogP contribution is -2.48. The monoisotopic (exact) mass is 389 g/mol. The Morgan fingerprint density at radius 2 is 2.07 bits per heavy atom. The van der Waals surface area contributed by atoms with Crippen LogP contribution in [0.4, 0.5) is 0 Å². The molecule has 1 saturated heterocycles. The van der Waals surface area contributed by atoms with E-state index in [0.717, 1.165) is 5.56 Å². The molecule has 1 aromatic carbocycles. The Morgan fingerprint density at radius 3 is 2.81 bits per heavy atom. The first kappa shape index (κ1) is 19.3. The summed E-state index contributed by atoms with van der Waals surface area (Å²) >= 11 is 0. The number of likely N-dealkylation sites (tertiary alicyclic amines) is 1. The summed E-state index contributed by atoms with van der Waals surface area (Å²) in [6.07, 6.45) is 2.77. The minimum absolute atomic E-state index is 0.130. The van der Waals surface area contributed by atoms with E-state index in [4.69, 9.17) is 4.74 Å². The second-order valence-corrected chi connectivity index (χ2v) is 8.50. The number of aromatic nitrogens is 1. The van der Waals surface area contributed by atoms with Crippen LogP contribution >= 0.6 is 0 Å². The normalized spacial score (nSPS) is 17.5. The van der Waals surface area contributed by atoms with E-state index in [1.807, 2.05) is 6.07 Å². The van der Waals surface area contributed by atoms with E-state index >= 15 is 0 Å². The second-order valence-electron chi connectivity index (χ2n) is 6.45. The standard InChI is InChI=1S/C19H23N3O4S/c1-26-18-12-15(9-10-20-18)13-21-27(24,25)17-8-5-11-22(14-17)19(23)16-6-3-2-4-7-16/h2-4,6-7,9-10,12,17,21H,5,8,11,13-14H2,1H3/t17-/m1/s1. The highest BCUT2D eigenvalue weighted by atomic mass is 32.2. The fourth-order valence-electron chi connectivity index (χ4n) is 3.11. The molecule has 1 atom stereocenters. The summed E-state index contributed by atoms with van der Waals surface area (Å²) in [5.74, 6) is 0.304. The third kappa shape index (κ3) is 4.84. The van der Waals surface area contributed by atoms with Crippen LogP contribution in [0.5, 0.6) is 5.88 Å². The summed E-state index contributed by atoms with van der Waals surface area (Å²) in [4.78, 5) is 18.2. The minimum Gasteiger partial charge on any atom is -0.481 e. The average Bonchev–Trinajstić information content (AvgIpc) is 2.72. The van der Waals surface area contributed by atoms with Gasteiger partial charge in [-0.1, -0.05) is 18.2 Å². The molecule has 144 valence electrons. The van der Waals surface area contributed by atoms with Crippen LogP contribution in [0.25, 0.3) is 0 Å². The molecule has 2 aromatic rings. The molecule has 3 rings (SSSR count). The van der Waals surface area contributed by atoms with Gasteiger partial charge in [0.25, 0.3) is 5.91 Å². The molecule has 0 saturated carbocycles. The molecule has 0 radical (unpaired) electrons. The van der Waals surface area contributed by atoms with Crippen LogP contribution in [0.1, 0.15) is 28.8 Å². The van der Waals surface area contributed by atoms with Gasteiger partial charge in [0.15, 0.2) is 0 Å². The van der Waals surface area contributed by atoms with Crippen LogP contribution in [0.3, 0.4) is 0 Å². The first-order valence-electron chi connectivity index (χ1n) is 8.81. The Morgan fingerprint density at radius 1 is 1.30 bits per heavy atom. The van der Waals surface area contributed by atoms with E-state index in [1.54, 1.807) is 47.5 Å². The second kappa shape index (κ2) is 8.49. The van der Waals surface area contributed by atoms with E-state index in [1.165, 1.54) is 7.11 Å². The number of nitrogens with one attached hydrogen (secondary N) is 1. The Bertz CT molecular complexity index is 887. The molecule has 0 bridgehead atoms. The van der Waals surface area contributed by atoms with Gasteiger partial charge >= 0.3 is 0 Å². The van der Waals surface area contributed by atoms with Gasteiger partial charge in [0.2, 0.25) is 15.9 Å². The van der Waals surface area contributed by atoms with Gasteiger partial charge in [0.05, 0.1) is 12.4 Å². The molecule has 0 aliphatic carbocycles. The van der Waals surface area contributed by atoms with E-state index in [9.17, 15) is 13.2 Å². The highest BCUT2D eigenvalue weighted by Crippen LogP contribution is 2.19. The van der Waals surface area contributed by atoms with Crippen molar-refractivity contribution in [2.45, 2.75) is 24.6 Å². The van der Waals surface area contributed by atoms with Crippen molar-refractivity contribution in [3.63, 3.8) is 0 Å². The number of hydrogen-bond acceptors (Lipinski definition) is 5. The van der Waals surface area contributed by atoms with Crippen molar-refractivity contribution >= 4 is 15.9 Å². The molecule has 1 aromatic heterocycles. The summed E-state index contributed by atoms with van der Waals surface area (Å²) < 4.78 is 33.1. The highest BCUT2D eigenvalue weighted by molar-refractivity contribution is 7.90. The van der Waals surface area contributed by atoms with E-state index in [-0.39, 0.29) is 19.0 Å². The van der Waals surface area contributed by atoms with E-state index < -0.39 is 15.3 Å². The van der Waals surface area contributed by atoms with Crippen LogP contribution in [-0.2, 0) is 16.6 Å². The summed E-state index contributed by atoms with van der Waals surface area (Å²) in [7, 11) is -2.04. The number of ether oxygens (including phenoxy) is 1. The number of sulfonamides is 1. The Kier molecular flexibility index (Phi) is 6.08.